The fourth-order valence-corrected chi connectivity index (χ4v) is 4.62. The van der Waals surface area contributed by atoms with Crippen LogP contribution in [-0.4, -0.2) is 16.6 Å². The van der Waals surface area contributed by atoms with Gasteiger partial charge in [-0.2, -0.15) is 0 Å². The maximum atomic E-state index is 2.50. The average Bonchev–Trinajstić information content (AvgIpc) is 2.76. The molecule has 0 spiro atoms. The van der Waals surface area contributed by atoms with Gasteiger partial charge in [-0.15, -0.1) is 0 Å². The van der Waals surface area contributed by atoms with Crippen molar-refractivity contribution in [3.8, 4) is 0 Å². The number of hydrogen-bond acceptors (Lipinski definition) is 1. The van der Waals surface area contributed by atoms with Gasteiger partial charge in [-0.1, -0.05) is 72.6 Å². The highest BCUT2D eigenvalue weighted by Crippen LogP contribution is 2.36. The van der Waals surface area contributed by atoms with Gasteiger partial charge in [0.05, 0.1) is 24.5 Å². The van der Waals surface area contributed by atoms with Crippen molar-refractivity contribution in [2.24, 2.45) is 11.8 Å². The molecule has 0 bridgehead atoms. The summed E-state index contributed by atoms with van der Waals surface area (Å²) in [5, 5.41) is 0. The van der Waals surface area contributed by atoms with E-state index in [4.69, 9.17) is 0 Å². The molecule has 1 heterocycles. The summed E-state index contributed by atoms with van der Waals surface area (Å²) in [5.74, 6) is 1.55. The molecule has 0 N–H and O–H groups in total. The van der Waals surface area contributed by atoms with Crippen LogP contribution in [0.1, 0.15) is 80.1 Å². The van der Waals surface area contributed by atoms with Gasteiger partial charge in [0.1, 0.15) is 12.4 Å². The van der Waals surface area contributed by atoms with Gasteiger partial charge in [0.25, 0.3) is 0 Å². The first kappa shape index (κ1) is 22.7. The van der Waals surface area contributed by atoms with Crippen LogP contribution in [0.5, 0.6) is 0 Å². The Morgan fingerprint density at radius 1 is 0.714 bits per heavy atom. The molecule has 4 atom stereocenters. The summed E-state index contributed by atoms with van der Waals surface area (Å²) in [5.41, 5.74) is 1.23. The molecule has 0 aliphatic carbocycles. The van der Waals surface area contributed by atoms with Crippen LogP contribution in [0.15, 0.2) is 55.1 Å². The van der Waals surface area contributed by atoms with Crippen molar-refractivity contribution in [2.45, 2.75) is 92.2 Å². The molecule has 0 radical (unpaired) electrons. The summed E-state index contributed by atoms with van der Waals surface area (Å²) in [4.78, 5) is 2.27. The van der Waals surface area contributed by atoms with Crippen molar-refractivity contribution >= 4 is 5.69 Å². The molecule has 2 rings (SSSR count). The van der Waals surface area contributed by atoms with E-state index in [1.54, 1.807) is 0 Å². The molecule has 2 nitrogen and oxygen atoms in total. The highest BCUT2D eigenvalue weighted by molar-refractivity contribution is 5.52. The zero-order valence-corrected chi connectivity index (χ0v) is 19.1. The summed E-state index contributed by atoms with van der Waals surface area (Å²) < 4.78 is 1.02. The van der Waals surface area contributed by atoms with Crippen LogP contribution in [0.4, 0.5) is 5.69 Å². The van der Waals surface area contributed by atoms with E-state index in [9.17, 15) is 0 Å². The first-order chi connectivity index (χ1) is 13.5. The van der Waals surface area contributed by atoms with Gasteiger partial charge >= 0.3 is 0 Å². The minimum Gasteiger partial charge on any atom is -0.313 e. The molecule has 0 amide bonds. The molecule has 0 aromatic heterocycles. The van der Waals surface area contributed by atoms with Gasteiger partial charge in [-0.05, 0) is 36.8 Å². The zero-order chi connectivity index (χ0) is 20.6. The minimum absolute atomic E-state index is 0.648. The van der Waals surface area contributed by atoms with Gasteiger partial charge in [0, 0.05) is 18.5 Å². The topological polar surface area (TPSA) is 3.24 Å². The van der Waals surface area contributed by atoms with Crippen LogP contribution in [0.25, 0.3) is 0 Å². The highest BCUT2D eigenvalue weighted by atomic mass is 15.4. The molecule has 2 heteroatoms. The molecule has 0 saturated heterocycles. The van der Waals surface area contributed by atoms with E-state index in [2.05, 4.69) is 102 Å². The monoisotopic (exact) mass is 383 g/mol. The number of benzene rings is 1. The second kappa shape index (κ2) is 10.9. The lowest BCUT2D eigenvalue weighted by Crippen LogP contribution is -2.55. The number of para-hydroxylation sites is 1. The number of rotatable bonds is 11. The number of hydrogen-bond donors (Lipinski definition) is 0. The lowest BCUT2D eigenvalue weighted by molar-refractivity contribution is -0.883. The van der Waals surface area contributed by atoms with Crippen LogP contribution in [-0.2, 0) is 0 Å². The van der Waals surface area contributed by atoms with E-state index < -0.39 is 0 Å². The summed E-state index contributed by atoms with van der Waals surface area (Å²) in [7, 11) is 0. The molecule has 28 heavy (non-hydrogen) atoms. The van der Waals surface area contributed by atoms with Crippen LogP contribution < -0.4 is 4.90 Å². The lowest BCUT2D eigenvalue weighted by Gasteiger charge is -2.47. The van der Waals surface area contributed by atoms with Gasteiger partial charge in [0.15, 0.2) is 0 Å². The molecule has 4 unspecified atom stereocenters. The summed E-state index contributed by atoms with van der Waals surface area (Å²) >= 11 is 0. The molecule has 156 valence electrons. The standard InChI is InChI=1S/C26H43N2/c1-7-22(5)20-25(9-3)28(26(10-4)21-23(6)8-2)18-16-27(17-19-28)24-14-12-11-13-15-24/h11-19,22-23,25-26H,7-10,20-21H2,1-6H3/q+1. The third-order valence-electron chi connectivity index (χ3n) is 6.98. The predicted molar refractivity (Wildman–Crippen MR) is 124 cm³/mol. The molecule has 0 fully saturated rings. The fourth-order valence-electron chi connectivity index (χ4n) is 4.62. The third-order valence-corrected chi connectivity index (χ3v) is 6.98. The average molecular weight is 384 g/mol. The van der Waals surface area contributed by atoms with Gasteiger partial charge in [-0.3, -0.25) is 4.48 Å². The SMILES string of the molecule is CCC(C)CC(CC)[N+]1(C(CC)CC(C)CC)C=CN(c2ccccc2)C=C1. The van der Waals surface area contributed by atoms with Crippen molar-refractivity contribution in [1.29, 1.82) is 0 Å². The lowest BCUT2D eigenvalue weighted by atomic mass is 9.89. The normalized spacial score (nSPS) is 20.0. The smallest absolute Gasteiger partial charge is 0.118 e. The Morgan fingerprint density at radius 2 is 1.18 bits per heavy atom. The Labute approximate surface area is 174 Å². The molecule has 1 aromatic carbocycles. The Hall–Kier alpha value is -1.54. The van der Waals surface area contributed by atoms with E-state index in [0.29, 0.717) is 12.1 Å². The quantitative estimate of drug-likeness (QED) is 0.354. The number of nitrogens with zero attached hydrogens (tertiary/aromatic N) is 2. The second-order valence-electron chi connectivity index (χ2n) is 8.86. The number of quaternary nitrogens is 1. The fraction of sp³-hybridized carbons (Fsp3) is 0.615. The molecule has 1 aliphatic heterocycles. The van der Waals surface area contributed by atoms with Crippen LogP contribution in [0.3, 0.4) is 0 Å². The van der Waals surface area contributed by atoms with E-state index in [0.717, 1.165) is 16.3 Å². The van der Waals surface area contributed by atoms with Crippen molar-refractivity contribution in [1.82, 2.24) is 0 Å². The van der Waals surface area contributed by atoms with Crippen molar-refractivity contribution in [3.63, 3.8) is 0 Å². The van der Waals surface area contributed by atoms with Gasteiger partial charge in [0.2, 0.25) is 0 Å². The van der Waals surface area contributed by atoms with Gasteiger partial charge in [-0.25, -0.2) is 0 Å². The van der Waals surface area contributed by atoms with Crippen LogP contribution in [0.2, 0.25) is 0 Å². The first-order valence-corrected chi connectivity index (χ1v) is 11.6. The largest absolute Gasteiger partial charge is 0.313 e. The molecular weight excluding hydrogens is 340 g/mol. The van der Waals surface area contributed by atoms with Gasteiger partial charge < -0.3 is 4.90 Å². The Kier molecular flexibility index (Phi) is 8.82. The molecule has 1 aromatic rings. The molecular formula is C26H43N2+. The van der Waals surface area contributed by atoms with E-state index in [1.165, 1.54) is 44.2 Å². The molecule has 1 aliphatic rings. The predicted octanol–water partition coefficient (Wildman–Crippen LogP) is 7.70. The minimum atomic E-state index is 0.648. The van der Waals surface area contributed by atoms with Crippen molar-refractivity contribution in [3.05, 3.63) is 55.1 Å². The van der Waals surface area contributed by atoms with E-state index in [-0.39, 0.29) is 0 Å². The summed E-state index contributed by atoms with van der Waals surface area (Å²) in [6.45, 7) is 14.3. The summed E-state index contributed by atoms with van der Waals surface area (Å²) in [6, 6.07) is 12.0. The maximum absolute atomic E-state index is 2.50. The summed E-state index contributed by atoms with van der Waals surface area (Å²) in [6.07, 6.45) is 17.2. The maximum Gasteiger partial charge on any atom is 0.118 e. The Morgan fingerprint density at radius 3 is 1.57 bits per heavy atom. The van der Waals surface area contributed by atoms with E-state index in [1.807, 2.05) is 0 Å². The van der Waals surface area contributed by atoms with Crippen LogP contribution >= 0.6 is 0 Å². The first-order valence-electron chi connectivity index (χ1n) is 11.6. The molecule has 0 saturated carbocycles. The zero-order valence-electron chi connectivity index (χ0n) is 19.1. The van der Waals surface area contributed by atoms with Crippen molar-refractivity contribution < 1.29 is 4.48 Å². The second-order valence-corrected chi connectivity index (χ2v) is 8.86. The van der Waals surface area contributed by atoms with E-state index >= 15 is 0 Å². The Balaban J connectivity index is 2.38. The van der Waals surface area contributed by atoms with Crippen LogP contribution in [0, 0.1) is 11.8 Å². The Bertz CT molecular complexity index is 583. The highest BCUT2D eigenvalue weighted by Gasteiger charge is 2.41. The van der Waals surface area contributed by atoms with Crippen molar-refractivity contribution in [2.75, 3.05) is 4.90 Å². The number of anilines is 1. The third kappa shape index (κ3) is 5.29.